The van der Waals surface area contributed by atoms with Crippen molar-refractivity contribution in [1.29, 1.82) is 0 Å². The van der Waals surface area contributed by atoms with Crippen LogP contribution in [0.1, 0.15) is 30.6 Å². The minimum absolute atomic E-state index is 0.164. The van der Waals surface area contributed by atoms with Crippen LogP contribution in [0.15, 0.2) is 30.3 Å². The lowest BCUT2D eigenvalue weighted by Crippen LogP contribution is -2.34. The van der Waals surface area contributed by atoms with Gasteiger partial charge in [0.25, 0.3) is 0 Å². The van der Waals surface area contributed by atoms with E-state index in [1.807, 2.05) is 37.2 Å². The summed E-state index contributed by atoms with van der Waals surface area (Å²) in [6.45, 7) is 4.24. The minimum Gasteiger partial charge on any atom is -0.443 e. The van der Waals surface area contributed by atoms with Crippen molar-refractivity contribution in [1.82, 2.24) is 4.90 Å². The van der Waals surface area contributed by atoms with Crippen molar-refractivity contribution in [3.63, 3.8) is 0 Å². The van der Waals surface area contributed by atoms with E-state index < -0.39 is 0 Å². The van der Waals surface area contributed by atoms with Gasteiger partial charge < -0.3 is 4.74 Å². The van der Waals surface area contributed by atoms with E-state index >= 15 is 0 Å². The highest BCUT2D eigenvalue weighted by molar-refractivity contribution is 5.89. The Hall–Kier alpha value is -1.35. The molecule has 0 saturated heterocycles. The van der Waals surface area contributed by atoms with E-state index in [4.69, 9.17) is 4.74 Å². The number of carbonyl (C=O) groups excluding carboxylic acids is 1. The van der Waals surface area contributed by atoms with Crippen LogP contribution in [0, 0.1) is 5.92 Å². The summed E-state index contributed by atoms with van der Waals surface area (Å²) >= 11 is 0. The van der Waals surface area contributed by atoms with E-state index in [1.54, 1.807) is 12.1 Å². The Morgan fingerprint density at radius 1 is 1.24 bits per heavy atom. The molecule has 17 heavy (non-hydrogen) atoms. The Balaban J connectivity index is 2.65. The summed E-state index contributed by atoms with van der Waals surface area (Å²) in [5.41, 5.74) is 0.600. The summed E-state index contributed by atoms with van der Waals surface area (Å²) in [5, 5.41) is 0. The molecule has 0 radical (unpaired) electrons. The predicted octanol–water partition coefficient (Wildman–Crippen LogP) is 2.78. The quantitative estimate of drug-likeness (QED) is 0.580. The van der Waals surface area contributed by atoms with Gasteiger partial charge in [-0.15, -0.1) is 0 Å². The smallest absolute Gasteiger partial charge is 0.339 e. The number of hydrogen-bond donors (Lipinski definition) is 0. The van der Waals surface area contributed by atoms with Crippen molar-refractivity contribution in [3.05, 3.63) is 35.9 Å². The van der Waals surface area contributed by atoms with E-state index in [-0.39, 0.29) is 12.2 Å². The molecule has 0 aromatic heterocycles. The lowest BCUT2D eigenvalue weighted by molar-refractivity contribution is -0.0228. The monoisotopic (exact) mass is 235 g/mol. The zero-order chi connectivity index (χ0) is 12.8. The summed E-state index contributed by atoms with van der Waals surface area (Å²) < 4.78 is 5.50. The Bertz CT molecular complexity index is 346. The molecule has 1 aromatic rings. The largest absolute Gasteiger partial charge is 0.443 e. The van der Waals surface area contributed by atoms with Crippen LogP contribution < -0.4 is 0 Å². The maximum absolute atomic E-state index is 11.9. The summed E-state index contributed by atoms with van der Waals surface area (Å²) in [4.78, 5) is 13.8. The maximum atomic E-state index is 11.9. The number of esters is 1. The molecule has 0 saturated carbocycles. The standard InChI is InChI=1S/C14H21NO2/c1-11(2)10-13(15(3)4)17-14(16)12-8-6-5-7-9-12/h5-9,11,13H,10H2,1-4H3. The fraction of sp³-hybridized carbons (Fsp3) is 0.500. The average Bonchev–Trinajstić information content (AvgIpc) is 2.28. The van der Waals surface area contributed by atoms with Crippen LogP contribution in [-0.4, -0.2) is 31.2 Å². The number of nitrogens with zero attached hydrogens (tertiary/aromatic N) is 1. The predicted molar refractivity (Wildman–Crippen MR) is 68.8 cm³/mol. The third-order valence-electron chi connectivity index (χ3n) is 2.50. The highest BCUT2D eigenvalue weighted by Crippen LogP contribution is 2.13. The molecule has 0 spiro atoms. The molecule has 0 aliphatic rings. The number of hydrogen-bond acceptors (Lipinski definition) is 3. The first-order chi connectivity index (χ1) is 8.00. The first-order valence-corrected chi connectivity index (χ1v) is 5.93. The molecule has 1 rings (SSSR count). The average molecular weight is 235 g/mol. The highest BCUT2D eigenvalue weighted by atomic mass is 16.6. The molecule has 0 N–H and O–H groups in total. The van der Waals surface area contributed by atoms with Crippen LogP contribution >= 0.6 is 0 Å². The molecule has 3 heteroatoms. The van der Waals surface area contributed by atoms with E-state index in [1.165, 1.54) is 0 Å². The third kappa shape index (κ3) is 4.57. The lowest BCUT2D eigenvalue weighted by atomic mass is 10.1. The molecule has 0 heterocycles. The van der Waals surface area contributed by atoms with Crippen molar-refractivity contribution >= 4 is 5.97 Å². The summed E-state index contributed by atoms with van der Waals surface area (Å²) in [5.74, 6) is 0.232. The summed E-state index contributed by atoms with van der Waals surface area (Å²) in [6.07, 6.45) is 0.675. The van der Waals surface area contributed by atoms with Gasteiger partial charge >= 0.3 is 5.97 Å². The molecule has 1 atom stereocenters. The second-order valence-corrected chi connectivity index (χ2v) is 4.82. The number of rotatable bonds is 5. The van der Waals surface area contributed by atoms with Gasteiger partial charge in [-0.1, -0.05) is 32.0 Å². The molecular formula is C14H21NO2. The molecule has 3 nitrogen and oxygen atoms in total. The Labute approximate surface area is 103 Å². The van der Waals surface area contributed by atoms with Crippen LogP contribution in [-0.2, 0) is 4.74 Å². The summed E-state index contributed by atoms with van der Waals surface area (Å²) in [7, 11) is 3.84. The van der Waals surface area contributed by atoms with Crippen LogP contribution in [0.3, 0.4) is 0 Å². The number of carbonyl (C=O) groups is 1. The second-order valence-electron chi connectivity index (χ2n) is 4.82. The van der Waals surface area contributed by atoms with Crippen LogP contribution in [0.25, 0.3) is 0 Å². The van der Waals surface area contributed by atoms with Gasteiger partial charge in [-0.2, -0.15) is 0 Å². The first kappa shape index (κ1) is 13.7. The van der Waals surface area contributed by atoms with E-state index in [2.05, 4.69) is 13.8 Å². The van der Waals surface area contributed by atoms with Gasteiger partial charge in [-0.3, -0.25) is 4.90 Å². The molecule has 94 valence electrons. The second kappa shape index (κ2) is 6.40. The zero-order valence-corrected chi connectivity index (χ0v) is 11.0. The topological polar surface area (TPSA) is 29.5 Å². The maximum Gasteiger partial charge on any atom is 0.339 e. The van der Waals surface area contributed by atoms with Gasteiger partial charge in [-0.25, -0.2) is 4.79 Å². The zero-order valence-electron chi connectivity index (χ0n) is 11.0. The highest BCUT2D eigenvalue weighted by Gasteiger charge is 2.18. The fourth-order valence-electron chi connectivity index (χ4n) is 1.53. The molecule has 0 bridgehead atoms. The first-order valence-electron chi connectivity index (χ1n) is 5.93. The van der Waals surface area contributed by atoms with Gasteiger partial charge in [0.2, 0.25) is 0 Å². The normalized spacial score (nSPS) is 12.8. The molecule has 0 aliphatic heterocycles. The third-order valence-corrected chi connectivity index (χ3v) is 2.50. The van der Waals surface area contributed by atoms with Crippen LogP contribution in [0.2, 0.25) is 0 Å². The van der Waals surface area contributed by atoms with Crippen molar-refractivity contribution < 1.29 is 9.53 Å². The van der Waals surface area contributed by atoms with Crippen LogP contribution in [0.4, 0.5) is 0 Å². The Morgan fingerprint density at radius 2 is 1.82 bits per heavy atom. The fourth-order valence-corrected chi connectivity index (χ4v) is 1.53. The SMILES string of the molecule is CC(C)CC(OC(=O)c1ccccc1)N(C)C. The van der Waals surface area contributed by atoms with Crippen molar-refractivity contribution in [2.75, 3.05) is 14.1 Å². The van der Waals surface area contributed by atoms with Gasteiger partial charge in [0.05, 0.1) is 5.56 Å². The van der Waals surface area contributed by atoms with Crippen molar-refractivity contribution in [2.24, 2.45) is 5.92 Å². The number of ether oxygens (including phenoxy) is 1. The van der Waals surface area contributed by atoms with Gasteiger partial charge in [0.1, 0.15) is 0 Å². The molecule has 0 aliphatic carbocycles. The molecule has 0 fully saturated rings. The molecule has 0 amide bonds. The van der Waals surface area contributed by atoms with Gasteiger partial charge in [0, 0.05) is 6.42 Å². The number of benzene rings is 1. The minimum atomic E-state index is -0.259. The Kier molecular flexibility index (Phi) is 5.16. The molecule has 1 unspecified atom stereocenters. The van der Waals surface area contributed by atoms with Crippen molar-refractivity contribution in [3.8, 4) is 0 Å². The van der Waals surface area contributed by atoms with Gasteiger partial charge in [0.15, 0.2) is 6.23 Å². The molecule has 1 aromatic carbocycles. The van der Waals surface area contributed by atoms with Gasteiger partial charge in [-0.05, 0) is 32.1 Å². The van der Waals surface area contributed by atoms with Crippen LogP contribution in [0.5, 0.6) is 0 Å². The van der Waals surface area contributed by atoms with E-state index in [0.29, 0.717) is 11.5 Å². The van der Waals surface area contributed by atoms with E-state index in [0.717, 1.165) is 6.42 Å². The van der Waals surface area contributed by atoms with Crippen molar-refractivity contribution in [2.45, 2.75) is 26.5 Å². The summed E-state index contributed by atoms with van der Waals surface area (Å²) in [6, 6.07) is 9.09. The van der Waals surface area contributed by atoms with E-state index in [9.17, 15) is 4.79 Å². The molecular weight excluding hydrogens is 214 g/mol. The Morgan fingerprint density at radius 3 is 2.29 bits per heavy atom. The lowest BCUT2D eigenvalue weighted by Gasteiger charge is -2.25.